The zero-order valence-corrected chi connectivity index (χ0v) is 33.2. The molecule has 278 valence electrons. The normalized spacial score (nSPS) is 17.0. The number of fused-ring (bicyclic) bond motifs is 1. The van der Waals surface area contributed by atoms with Crippen molar-refractivity contribution in [3.05, 3.63) is 77.9 Å². The Kier molecular flexibility index (Phi) is 16.1. The smallest absolute Gasteiger partial charge is 0.323 e. The Bertz CT molecular complexity index is 1470. The molecule has 0 spiro atoms. The average molecular weight is 713 g/mol. The van der Waals surface area contributed by atoms with Gasteiger partial charge in [-0.3, -0.25) is 20.4 Å². The monoisotopic (exact) mass is 713 g/mol. The minimum Gasteiger partial charge on any atom is -0.323 e. The van der Waals surface area contributed by atoms with Crippen molar-refractivity contribution in [3.8, 4) is 0 Å². The Balaban J connectivity index is 1.36. The molecule has 2 aliphatic rings. The first-order valence-electron chi connectivity index (χ1n) is 20.9. The molecular weight excluding hydrogens is 643 g/mol. The van der Waals surface area contributed by atoms with Crippen LogP contribution >= 0.6 is 7.26 Å². The van der Waals surface area contributed by atoms with Crippen LogP contribution in [0.5, 0.6) is 0 Å². The van der Waals surface area contributed by atoms with Gasteiger partial charge in [0, 0.05) is 19.4 Å². The number of carbonyl (C=O) groups is 1. The van der Waals surface area contributed by atoms with Crippen LogP contribution in [0.15, 0.2) is 66.7 Å². The number of unbranched alkanes of at least 4 members (excludes halogenated alkanes) is 3. The minimum atomic E-state index is -1.04. The first-order valence-corrected chi connectivity index (χ1v) is 23.4. The van der Waals surface area contributed by atoms with Crippen LogP contribution in [0, 0.1) is 0 Å². The first kappa shape index (κ1) is 39.3. The zero-order valence-electron chi connectivity index (χ0n) is 32.3. The van der Waals surface area contributed by atoms with Gasteiger partial charge >= 0.3 is 5.96 Å². The summed E-state index contributed by atoms with van der Waals surface area (Å²) in [6, 6.07) is 24.5. The van der Waals surface area contributed by atoms with Crippen molar-refractivity contribution in [3.63, 3.8) is 0 Å². The average Bonchev–Trinajstić information content (AvgIpc) is 3.16. The van der Waals surface area contributed by atoms with Crippen LogP contribution in [0.2, 0.25) is 0 Å². The third kappa shape index (κ3) is 12.6. The maximum atomic E-state index is 14.3. The lowest BCUT2D eigenvalue weighted by atomic mass is 9.95. The van der Waals surface area contributed by atoms with Crippen LogP contribution < -0.4 is 20.9 Å². The van der Waals surface area contributed by atoms with Crippen LogP contribution in [0.4, 0.5) is 5.69 Å². The highest BCUT2D eigenvalue weighted by Gasteiger charge is 2.36. The fourth-order valence-corrected chi connectivity index (χ4v) is 13.5. The van der Waals surface area contributed by atoms with Gasteiger partial charge in [0.1, 0.15) is 0 Å². The molecule has 3 aromatic carbocycles. The van der Waals surface area contributed by atoms with Crippen LogP contribution in [0.25, 0.3) is 10.8 Å². The highest BCUT2D eigenvalue weighted by Crippen LogP contribution is 2.63. The van der Waals surface area contributed by atoms with Crippen molar-refractivity contribution in [1.82, 2.24) is 10.6 Å². The van der Waals surface area contributed by atoms with Gasteiger partial charge in [-0.05, 0) is 79.0 Å². The summed E-state index contributed by atoms with van der Waals surface area (Å²) in [6.07, 6.45) is 26.5. The molecule has 0 aromatic heterocycles. The fourth-order valence-electron chi connectivity index (χ4n) is 8.38. The Labute approximate surface area is 311 Å². The van der Waals surface area contributed by atoms with E-state index in [0.717, 1.165) is 17.2 Å². The van der Waals surface area contributed by atoms with Gasteiger partial charge in [0.05, 0.1) is 36.7 Å². The molecule has 4 N–H and O–H groups in total. The van der Waals surface area contributed by atoms with Crippen molar-refractivity contribution in [2.45, 2.75) is 154 Å². The van der Waals surface area contributed by atoms with Crippen molar-refractivity contribution < 1.29 is 9.79 Å². The summed E-state index contributed by atoms with van der Waals surface area (Å²) in [5, 5.41) is 13.4. The molecular formula is C45H69N4OP+2. The van der Waals surface area contributed by atoms with E-state index in [4.69, 9.17) is 0 Å². The van der Waals surface area contributed by atoms with Gasteiger partial charge in [-0.15, -0.1) is 0 Å². The topological polar surface area (TPSA) is 67.1 Å². The van der Waals surface area contributed by atoms with E-state index < -0.39 is 13.3 Å². The number of anilines is 1. The summed E-state index contributed by atoms with van der Waals surface area (Å²) in [5.74, 6) is 0.955. The summed E-state index contributed by atoms with van der Waals surface area (Å²) < 4.78 is 0. The highest BCUT2D eigenvalue weighted by atomic mass is 31.2. The van der Waals surface area contributed by atoms with E-state index in [1.54, 1.807) is 0 Å². The molecule has 1 amide bonds. The van der Waals surface area contributed by atoms with Gasteiger partial charge in [-0.25, -0.2) is 0 Å². The summed E-state index contributed by atoms with van der Waals surface area (Å²) in [7, 11) is -1.04. The molecule has 0 bridgehead atoms. The van der Waals surface area contributed by atoms with E-state index in [1.165, 1.54) is 144 Å². The highest BCUT2D eigenvalue weighted by molar-refractivity contribution is 7.75. The molecule has 0 heterocycles. The van der Waals surface area contributed by atoms with E-state index >= 15 is 0 Å². The largest absolute Gasteiger partial charge is 0.344 e. The molecule has 5 nitrogen and oxygen atoms in total. The van der Waals surface area contributed by atoms with E-state index in [-0.39, 0.29) is 5.91 Å². The predicted molar refractivity (Wildman–Crippen MR) is 222 cm³/mol. The van der Waals surface area contributed by atoms with E-state index in [0.29, 0.717) is 18.5 Å². The quantitative estimate of drug-likeness (QED) is 0.0604. The molecule has 3 aromatic rings. The lowest BCUT2D eigenvalue weighted by Crippen LogP contribution is -2.86. The summed E-state index contributed by atoms with van der Waals surface area (Å²) >= 11 is 0. The number of hydrogen-bond donors (Lipinski definition) is 4. The molecule has 0 aliphatic heterocycles. The fraction of sp³-hybridized carbons (Fsp3) is 0.600. The summed E-state index contributed by atoms with van der Waals surface area (Å²) in [5.41, 5.74) is 3.49. The lowest BCUT2D eigenvalue weighted by molar-refractivity contribution is -0.512. The molecule has 51 heavy (non-hydrogen) atoms. The van der Waals surface area contributed by atoms with Crippen molar-refractivity contribution in [2.24, 2.45) is 0 Å². The third-order valence-electron chi connectivity index (χ3n) is 11.5. The molecule has 0 saturated heterocycles. The van der Waals surface area contributed by atoms with E-state index in [9.17, 15) is 4.79 Å². The number of rotatable bonds is 18. The first-order chi connectivity index (χ1) is 25.0. The van der Waals surface area contributed by atoms with Gasteiger partial charge in [0.2, 0.25) is 0 Å². The van der Waals surface area contributed by atoms with Crippen LogP contribution in [-0.4, -0.2) is 48.5 Å². The Hall–Kier alpha value is -2.91. The number of benzene rings is 3. The van der Waals surface area contributed by atoms with Gasteiger partial charge < -0.3 is 5.32 Å². The predicted octanol–water partition coefficient (Wildman–Crippen LogP) is 9.59. The van der Waals surface area contributed by atoms with Gasteiger partial charge in [-0.2, -0.15) is 0 Å². The van der Waals surface area contributed by atoms with Gasteiger partial charge in [-0.1, -0.05) is 133 Å². The second-order valence-corrected chi connectivity index (χ2v) is 20.2. The molecule has 1 atom stereocenters. The number of nitrogens with one attached hydrogen (secondary N) is 4. The summed E-state index contributed by atoms with van der Waals surface area (Å²) in [6.45, 7) is 7.02. The second kappa shape index (κ2) is 21.0. The molecule has 2 aliphatic carbocycles. The maximum absolute atomic E-state index is 14.3. The van der Waals surface area contributed by atoms with E-state index in [1.807, 2.05) is 0 Å². The molecule has 0 unspecified atom stereocenters. The standard InChI is InChI=1S/C45H67N4OP/c1-4-7-30-51(31-8-5-2,32-9-6-3)35-36-25-28-42(29-26-36)46-44(50)43(34-37-24-27-38-18-16-17-19-39(38)33-37)49-45(47-40-20-12-10-13-21-40)48-41-22-14-11-15-23-41/h16-19,24-29,33,40-41,43H,4-15,20-23,30-32,34-35H2,1-3H3,(H2-,46,47,48,49,50)/p+2/t43-/m0/s1. The van der Waals surface area contributed by atoms with Crippen molar-refractivity contribution >= 4 is 35.6 Å². The van der Waals surface area contributed by atoms with Gasteiger partial charge in [0.25, 0.3) is 5.91 Å². The third-order valence-corrected chi connectivity index (χ3v) is 16.3. The maximum Gasteiger partial charge on any atom is 0.344 e. The van der Waals surface area contributed by atoms with Crippen LogP contribution in [-0.2, 0) is 17.4 Å². The molecule has 2 saturated carbocycles. The SMILES string of the molecule is CCCC[P+](CCCC)(CCCC)Cc1ccc(NC(=O)[C@H](Cc2ccc3ccccc3c2)NC(NC2CCCCC2)=[NH+]C2CCCCC2)cc1. The van der Waals surface area contributed by atoms with Crippen molar-refractivity contribution in [2.75, 3.05) is 23.8 Å². The minimum absolute atomic E-state index is 0.0139. The van der Waals surface area contributed by atoms with Crippen LogP contribution in [0.1, 0.15) is 135 Å². The number of carbonyl (C=O) groups excluding carboxylic acids is 1. The Morgan fingerprint density at radius 2 is 1.31 bits per heavy atom. The zero-order chi connectivity index (χ0) is 35.7. The van der Waals surface area contributed by atoms with Crippen molar-refractivity contribution in [1.29, 1.82) is 0 Å². The van der Waals surface area contributed by atoms with Crippen LogP contribution in [0.3, 0.4) is 0 Å². The number of hydrogen-bond acceptors (Lipinski definition) is 1. The number of amides is 1. The Morgan fingerprint density at radius 3 is 1.94 bits per heavy atom. The molecule has 6 heteroatoms. The summed E-state index contributed by atoms with van der Waals surface area (Å²) in [4.78, 5) is 18.2. The lowest BCUT2D eigenvalue weighted by Gasteiger charge is -2.28. The number of guanidine groups is 1. The van der Waals surface area contributed by atoms with E-state index in [2.05, 4.69) is 108 Å². The molecule has 5 rings (SSSR count). The Morgan fingerprint density at radius 1 is 0.725 bits per heavy atom. The second-order valence-electron chi connectivity index (χ2n) is 15.8. The van der Waals surface area contributed by atoms with Gasteiger partial charge in [0.15, 0.2) is 6.04 Å². The molecule has 0 radical (unpaired) electrons. The molecule has 2 fully saturated rings.